The minimum Gasteiger partial charge on any atom is -0.468 e. The quantitative estimate of drug-likeness (QED) is 0.670. The molecule has 0 aliphatic heterocycles. The smallest absolute Gasteiger partial charge is 0.327 e. The Morgan fingerprint density at radius 1 is 1.59 bits per heavy atom. The molecule has 0 amide bonds. The fourth-order valence-corrected chi connectivity index (χ4v) is 3.18. The molecule has 1 rings (SSSR count). The molecular weight excluding hydrogens is 238 g/mol. The van der Waals surface area contributed by atoms with E-state index in [4.69, 9.17) is 4.74 Å². The van der Waals surface area contributed by atoms with Gasteiger partial charge in [-0.2, -0.15) is 11.8 Å². The van der Waals surface area contributed by atoms with Crippen molar-refractivity contribution >= 4 is 17.7 Å². The molecule has 0 aromatic heterocycles. The Hall–Kier alpha value is -0.260. The highest BCUT2D eigenvalue weighted by atomic mass is 32.2. The Labute approximate surface area is 107 Å². The molecule has 1 aliphatic carbocycles. The summed E-state index contributed by atoms with van der Waals surface area (Å²) >= 11 is 1.61. The molecule has 2 N–H and O–H groups in total. The van der Waals surface area contributed by atoms with Crippen molar-refractivity contribution in [1.82, 2.24) is 5.32 Å². The SMILES string of the molecule is CNC(CSC(C)C(C)O)(C(=O)OC)C1CC1. The monoisotopic (exact) mass is 261 g/mol. The van der Waals surface area contributed by atoms with E-state index in [0.29, 0.717) is 11.7 Å². The van der Waals surface area contributed by atoms with Crippen LogP contribution < -0.4 is 5.32 Å². The van der Waals surface area contributed by atoms with Gasteiger partial charge in [-0.25, -0.2) is 0 Å². The first-order chi connectivity index (χ1) is 7.97. The maximum absolute atomic E-state index is 12.0. The molecule has 0 aromatic rings. The number of ether oxygens (including phenoxy) is 1. The van der Waals surface area contributed by atoms with Crippen LogP contribution in [-0.4, -0.2) is 47.9 Å². The summed E-state index contributed by atoms with van der Waals surface area (Å²) in [4.78, 5) is 12.0. The van der Waals surface area contributed by atoms with Crippen LogP contribution in [0.1, 0.15) is 26.7 Å². The van der Waals surface area contributed by atoms with Gasteiger partial charge in [0.25, 0.3) is 0 Å². The molecule has 0 bridgehead atoms. The molecule has 1 fully saturated rings. The molecular formula is C12H23NO3S. The maximum atomic E-state index is 12.0. The summed E-state index contributed by atoms with van der Waals surface area (Å²) < 4.78 is 4.92. The molecule has 0 heterocycles. The van der Waals surface area contributed by atoms with Crippen molar-refractivity contribution < 1.29 is 14.6 Å². The number of carbonyl (C=O) groups is 1. The van der Waals surface area contributed by atoms with Crippen molar-refractivity contribution in [1.29, 1.82) is 0 Å². The van der Waals surface area contributed by atoms with E-state index in [1.807, 2.05) is 14.0 Å². The second-order valence-electron chi connectivity index (χ2n) is 4.74. The topological polar surface area (TPSA) is 58.6 Å². The molecule has 0 spiro atoms. The largest absolute Gasteiger partial charge is 0.468 e. The minimum atomic E-state index is -0.581. The molecule has 3 unspecified atom stereocenters. The third-order valence-corrected chi connectivity index (χ3v) is 5.06. The van der Waals surface area contributed by atoms with Crippen molar-refractivity contribution in [3.63, 3.8) is 0 Å². The van der Waals surface area contributed by atoms with E-state index in [1.165, 1.54) is 7.11 Å². The number of hydrogen-bond donors (Lipinski definition) is 2. The minimum absolute atomic E-state index is 0.117. The lowest BCUT2D eigenvalue weighted by atomic mass is 9.96. The second kappa shape index (κ2) is 6.07. The predicted octanol–water partition coefficient (Wildman–Crippen LogP) is 1.03. The third kappa shape index (κ3) is 3.36. The van der Waals surface area contributed by atoms with Gasteiger partial charge in [-0.15, -0.1) is 0 Å². The van der Waals surface area contributed by atoms with E-state index in [0.717, 1.165) is 12.8 Å². The van der Waals surface area contributed by atoms with Crippen LogP contribution in [0.2, 0.25) is 0 Å². The molecule has 0 aromatic carbocycles. The lowest BCUT2D eigenvalue weighted by Gasteiger charge is -2.31. The van der Waals surface area contributed by atoms with E-state index >= 15 is 0 Å². The van der Waals surface area contributed by atoms with Crippen molar-refractivity contribution in [3.8, 4) is 0 Å². The predicted molar refractivity (Wildman–Crippen MR) is 70.1 cm³/mol. The van der Waals surface area contributed by atoms with E-state index < -0.39 is 5.54 Å². The summed E-state index contributed by atoms with van der Waals surface area (Å²) in [5.74, 6) is 0.828. The number of carbonyl (C=O) groups excluding carboxylic acids is 1. The van der Waals surface area contributed by atoms with E-state index in [-0.39, 0.29) is 17.3 Å². The number of likely N-dealkylation sites (N-methyl/N-ethyl adjacent to an activating group) is 1. The second-order valence-corrected chi connectivity index (χ2v) is 6.11. The van der Waals surface area contributed by atoms with Crippen LogP contribution in [0.4, 0.5) is 0 Å². The average Bonchev–Trinajstić information content (AvgIpc) is 3.14. The van der Waals surface area contributed by atoms with E-state index in [9.17, 15) is 9.90 Å². The van der Waals surface area contributed by atoms with Crippen LogP contribution >= 0.6 is 11.8 Å². The normalized spacial score (nSPS) is 22.6. The summed E-state index contributed by atoms with van der Waals surface area (Å²) in [7, 11) is 3.24. The van der Waals surface area contributed by atoms with Crippen molar-refractivity contribution in [2.45, 2.75) is 43.6 Å². The molecule has 100 valence electrons. The average molecular weight is 261 g/mol. The van der Waals surface area contributed by atoms with Crippen molar-refractivity contribution in [2.75, 3.05) is 19.9 Å². The Bertz CT molecular complexity index is 268. The molecule has 5 heteroatoms. The lowest BCUT2D eigenvalue weighted by molar-refractivity contribution is -0.148. The Morgan fingerprint density at radius 2 is 2.18 bits per heavy atom. The standard InChI is InChI=1S/C12H23NO3S/c1-8(14)9(2)17-7-12(13-3,10-5-6-10)11(15)16-4/h8-10,13-14H,5-7H2,1-4H3. The number of thioether (sulfide) groups is 1. The summed E-state index contributed by atoms with van der Waals surface area (Å²) in [6.45, 7) is 3.74. The Morgan fingerprint density at radius 3 is 2.53 bits per heavy atom. The number of esters is 1. The van der Waals surface area contributed by atoms with Gasteiger partial charge in [0.2, 0.25) is 0 Å². The van der Waals surface area contributed by atoms with Crippen LogP contribution in [0.3, 0.4) is 0 Å². The summed E-state index contributed by atoms with van der Waals surface area (Å²) in [5, 5.41) is 12.7. The molecule has 4 nitrogen and oxygen atoms in total. The molecule has 0 saturated heterocycles. The highest BCUT2D eigenvalue weighted by Gasteiger charge is 2.51. The van der Waals surface area contributed by atoms with Gasteiger partial charge in [0.1, 0.15) is 5.54 Å². The van der Waals surface area contributed by atoms with Gasteiger partial charge in [0, 0.05) is 11.0 Å². The fourth-order valence-electron chi connectivity index (χ4n) is 1.88. The first-order valence-electron chi connectivity index (χ1n) is 6.05. The van der Waals surface area contributed by atoms with Crippen LogP contribution in [0.25, 0.3) is 0 Å². The van der Waals surface area contributed by atoms with Gasteiger partial charge in [-0.1, -0.05) is 6.92 Å². The molecule has 0 radical (unpaired) electrons. The summed E-state index contributed by atoms with van der Waals surface area (Å²) in [6, 6.07) is 0. The number of aliphatic hydroxyl groups is 1. The Balaban J connectivity index is 2.66. The highest BCUT2D eigenvalue weighted by molar-refractivity contribution is 8.00. The number of methoxy groups -OCH3 is 1. The molecule has 17 heavy (non-hydrogen) atoms. The van der Waals surface area contributed by atoms with Crippen molar-refractivity contribution in [2.24, 2.45) is 5.92 Å². The van der Waals surface area contributed by atoms with Gasteiger partial charge < -0.3 is 15.2 Å². The molecule has 3 atom stereocenters. The van der Waals surface area contributed by atoms with Gasteiger partial charge in [0.15, 0.2) is 0 Å². The van der Waals surface area contributed by atoms with Crippen LogP contribution in [0.15, 0.2) is 0 Å². The van der Waals surface area contributed by atoms with Gasteiger partial charge in [-0.05, 0) is 32.7 Å². The number of hydrogen-bond acceptors (Lipinski definition) is 5. The maximum Gasteiger partial charge on any atom is 0.327 e. The van der Waals surface area contributed by atoms with Crippen LogP contribution in [-0.2, 0) is 9.53 Å². The number of nitrogens with one attached hydrogen (secondary N) is 1. The zero-order chi connectivity index (χ0) is 13.1. The van der Waals surface area contributed by atoms with Crippen LogP contribution in [0.5, 0.6) is 0 Å². The first-order valence-corrected chi connectivity index (χ1v) is 7.09. The van der Waals surface area contributed by atoms with Gasteiger partial charge >= 0.3 is 5.97 Å². The molecule has 1 saturated carbocycles. The lowest BCUT2D eigenvalue weighted by Crippen LogP contribution is -2.55. The van der Waals surface area contributed by atoms with Gasteiger partial charge in [-0.3, -0.25) is 4.79 Å². The van der Waals surface area contributed by atoms with E-state index in [1.54, 1.807) is 18.7 Å². The highest BCUT2D eigenvalue weighted by Crippen LogP contribution is 2.42. The number of rotatable bonds is 7. The number of aliphatic hydroxyl groups excluding tert-OH is 1. The van der Waals surface area contributed by atoms with Crippen LogP contribution in [0, 0.1) is 5.92 Å². The fraction of sp³-hybridized carbons (Fsp3) is 0.917. The van der Waals surface area contributed by atoms with Crippen molar-refractivity contribution in [3.05, 3.63) is 0 Å². The zero-order valence-corrected chi connectivity index (χ0v) is 11.8. The third-order valence-electron chi connectivity index (χ3n) is 3.52. The molecule has 1 aliphatic rings. The first kappa shape index (κ1) is 14.8. The van der Waals surface area contributed by atoms with Gasteiger partial charge in [0.05, 0.1) is 13.2 Å². The van der Waals surface area contributed by atoms with E-state index in [2.05, 4.69) is 5.32 Å². The zero-order valence-electron chi connectivity index (χ0n) is 11.0. The summed E-state index contributed by atoms with van der Waals surface area (Å²) in [6.07, 6.45) is 1.77. The summed E-state index contributed by atoms with van der Waals surface area (Å²) in [5.41, 5.74) is -0.581. The Kier molecular flexibility index (Phi) is 5.28.